The van der Waals surface area contributed by atoms with Gasteiger partial charge in [0, 0.05) is 0 Å². The highest BCUT2D eigenvalue weighted by Gasteiger charge is 2.52. The number of hydrogen-bond acceptors (Lipinski definition) is 1. The first kappa shape index (κ1) is 19.0. The van der Waals surface area contributed by atoms with Crippen LogP contribution in [-0.2, 0) is 10.2 Å². The lowest BCUT2D eigenvalue weighted by Crippen LogP contribution is -2.49. The molecule has 0 radical (unpaired) electrons. The minimum absolute atomic E-state index is 0.149. The molecule has 4 atom stereocenters. The first-order valence-electron chi connectivity index (χ1n) is 9.14. The van der Waals surface area contributed by atoms with E-state index in [0.29, 0.717) is 28.6 Å². The van der Waals surface area contributed by atoms with Gasteiger partial charge in [-0.15, -0.1) is 0 Å². The molecule has 24 heavy (non-hydrogen) atoms. The third-order valence-electron chi connectivity index (χ3n) is 6.16. The molecule has 3 heteroatoms. The number of amides is 1. The summed E-state index contributed by atoms with van der Waals surface area (Å²) >= 11 is 0. The highest BCUT2D eigenvalue weighted by molar-refractivity contribution is 5.42. The molecule has 2 saturated carbocycles. The quantitative estimate of drug-likeness (QED) is 0.788. The van der Waals surface area contributed by atoms with Gasteiger partial charge in [0.15, 0.2) is 0 Å². The fourth-order valence-electron chi connectivity index (χ4n) is 5.81. The Morgan fingerprint density at radius 1 is 1.21 bits per heavy atom. The van der Waals surface area contributed by atoms with Crippen molar-refractivity contribution in [3.05, 3.63) is 35.9 Å². The Morgan fingerprint density at radius 2 is 1.83 bits per heavy atom. The highest BCUT2D eigenvalue weighted by Crippen LogP contribution is 2.60. The summed E-state index contributed by atoms with van der Waals surface area (Å²) in [6.07, 6.45) is 6.09. The van der Waals surface area contributed by atoms with Crippen molar-refractivity contribution in [2.75, 3.05) is 6.67 Å². The predicted molar refractivity (Wildman–Crippen MR) is 97.4 cm³/mol. The molecule has 1 aromatic rings. The number of carbonyl (C=O) groups excluding carboxylic acids is 1. The van der Waals surface area contributed by atoms with Crippen LogP contribution in [0.4, 0.5) is 4.39 Å². The molecule has 2 nitrogen and oxygen atoms in total. The summed E-state index contributed by atoms with van der Waals surface area (Å²) in [4.78, 5) is 8.58. The van der Waals surface area contributed by atoms with Crippen molar-refractivity contribution in [1.82, 2.24) is 0 Å². The number of primary amides is 1. The zero-order valence-electron chi connectivity index (χ0n) is 15.3. The van der Waals surface area contributed by atoms with Crippen LogP contribution in [0.2, 0.25) is 0 Å². The molecule has 0 aromatic heterocycles. The third kappa shape index (κ3) is 3.99. The summed E-state index contributed by atoms with van der Waals surface area (Å²) in [7, 11) is 0. The third-order valence-corrected chi connectivity index (χ3v) is 6.16. The van der Waals surface area contributed by atoms with Gasteiger partial charge in [0.25, 0.3) is 0 Å². The van der Waals surface area contributed by atoms with E-state index >= 15 is 0 Å². The average Bonchev–Trinajstić information content (AvgIpc) is 2.51. The van der Waals surface area contributed by atoms with Crippen molar-refractivity contribution in [1.29, 1.82) is 0 Å². The minimum atomic E-state index is -0.149. The molecule has 134 valence electrons. The Morgan fingerprint density at radius 3 is 2.42 bits per heavy atom. The van der Waals surface area contributed by atoms with E-state index in [1.165, 1.54) is 31.2 Å². The number of hydrogen-bond donors (Lipinski definition) is 1. The summed E-state index contributed by atoms with van der Waals surface area (Å²) in [5.74, 6) is 1.94. The van der Waals surface area contributed by atoms with Crippen LogP contribution in [0.15, 0.2) is 30.3 Å². The molecule has 2 bridgehead atoms. The van der Waals surface area contributed by atoms with Crippen molar-refractivity contribution in [2.24, 2.45) is 28.9 Å². The molecule has 1 amide bonds. The molecule has 0 saturated heterocycles. The van der Waals surface area contributed by atoms with E-state index < -0.39 is 0 Å². The van der Waals surface area contributed by atoms with E-state index in [4.69, 9.17) is 4.79 Å². The molecule has 2 aliphatic carbocycles. The fraction of sp³-hybridized carbons (Fsp3) is 0.667. The van der Waals surface area contributed by atoms with Crippen LogP contribution in [0.25, 0.3) is 0 Å². The second-order valence-corrected chi connectivity index (χ2v) is 8.61. The van der Waals surface area contributed by atoms with Crippen molar-refractivity contribution in [2.45, 2.75) is 58.3 Å². The summed E-state index contributed by atoms with van der Waals surface area (Å²) in [5, 5.41) is 0. The molecule has 0 aliphatic heterocycles. The van der Waals surface area contributed by atoms with Crippen LogP contribution in [-0.4, -0.2) is 13.1 Å². The smallest absolute Gasteiger partial charge is 0.204 e. The zero-order valence-corrected chi connectivity index (χ0v) is 15.3. The number of carbonyl (C=O) groups is 1. The molecular weight excluding hydrogens is 301 g/mol. The monoisotopic (exact) mass is 333 g/mol. The van der Waals surface area contributed by atoms with E-state index in [1.54, 1.807) is 0 Å². The number of rotatable bonds is 3. The van der Waals surface area contributed by atoms with Crippen LogP contribution in [0, 0.1) is 23.2 Å². The van der Waals surface area contributed by atoms with Gasteiger partial charge in [-0.25, -0.2) is 0 Å². The molecule has 0 heterocycles. The van der Waals surface area contributed by atoms with E-state index in [9.17, 15) is 4.39 Å². The van der Waals surface area contributed by atoms with Gasteiger partial charge in [0.2, 0.25) is 6.41 Å². The SMILES string of the molecule is CC1CC2(c3ccccc3)CC(CC(C)(C)C2)C1CCF.NC=O. The van der Waals surface area contributed by atoms with Gasteiger partial charge in [-0.05, 0) is 66.3 Å². The van der Waals surface area contributed by atoms with Crippen molar-refractivity contribution in [3.8, 4) is 0 Å². The molecule has 3 rings (SSSR count). The number of halogens is 1. The summed E-state index contributed by atoms with van der Waals surface area (Å²) in [5.41, 5.74) is 6.40. The summed E-state index contributed by atoms with van der Waals surface area (Å²) in [6.45, 7) is 7.05. The summed E-state index contributed by atoms with van der Waals surface area (Å²) in [6, 6.07) is 11.1. The number of benzene rings is 1. The normalized spacial score (nSPS) is 33.9. The average molecular weight is 333 g/mol. The lowest BCUT2D eigenvalue weighted by atomic mass is 9.48. The maximum Gasteiger partial charge on any atom is 0.204 e. The molecule has 1 aromatic carbocycles. The lowest BCUT2D eigenvalue weighted by Gasteiger charge is -2.57. The van der Waals surface area contributed by atoms with Crippen LogP contribution < -0.4 is 5.73 Å². The van der Waals surface area contributed by atoms with Gasteiger partial charge < -0.3 is 5.73 Å². The molecule has 2 aliphatic rings. The van der Waals surface area contributed by atoms with Gasteiger partial charge in [-0.3, -0.25) is 9.18 Å². The predicted octanol–water partition coefficient (Wildman–Crippen LogP) is 4.87. The fourth-order valence-corrected chi connectivity index (χ4v) is 5.81. The maximum atomic E-state index is 13.0. The van der Waals surface area contributed by atoms with E-state index in [1.807, 2.05) is 0 Å². The minimum Gasteiger partial charge on any atom is -0.372 e. The first-order valence-corrected chi connectivity index (χ1v) is 9.14. The Labute approximate surface area is 146 Å². The number of fused-ring (bicyclic) bond motifs is 2. The lowest BCUT2D eigenvalue weighted by molar-refractivity contribution is -0.106. The maximum absolute atomic E-state index is 13.0. The number of alkyl halides is 1. The Kier molecular flexibility index (Phi) is 6.06. The van der Waals surface area contributed by atoms with Crippen LogP contribution in [0.5, 0.6) is 0 Å². The van der Waals surface area contributed by atoms with Crippen molar-refractivity contribution >= 4 is 6.41 Å². The number of nitrogens with two attached hydrogens (primary N) is 1. The van der Waals surface area contributed by atoms with Gasteiger partial charge in [-0.2, -0.15) is 0 Å². The Balaban J connectivity index is 0.000000647. The highest BCUT2D eigenvalue weighted by atomic mass is 19.1. The van der Waals surface area contributed by atoms with E-state index in [0.717, 1.165) is 6.42 Å². The second kappa shape index (κ2) is 7.67. The Hall–Kier alpha value is -1.38. The Bertz CT molecular complexity index is 526. The summed E-state index contributed by atoms with van der Waals surface area (Å²) < 4.78 is 13.0. The zero-order chi connectivity index (χ0) is 17.8. The molecule has 4 unspecified atom stereocenters. The van der Waals surface area contributed by atoms with Gasteiger partial charge >= 0.3 is 0 Å². The molecule has 0 spiro atoms. The van der Waals surface area contributed by atoms with E-state index in [-0.39, 0.29) is 13.1 Å². The largest absolute Gasteiger partial charge is 0.372 e. The molecule has 2 fully saturated rings. The standard InChI is InChI=1S/C20H29F.CH3NO/c1-15-11-20(17-7-5-4-6-8-17)13-16(18(15)9-10-21)12-19(2,3)14-20;2-1-3/h4-8,15-16,18H,9-14H2,1-3H3;1H,(H2,2,3). The molecular formula is C21H32FNO. The van der Waals surface area contributed by atoms with Crippen LogP contribution >= 0.6 is 0 Å². The van der Waals surface area contributed by atoms with Gasteiger partial charge in [0.1, 0.15) is 0 Å². The van der Waals surface area contributed by atoms with Crippen LogP contribution in [0.1, 0.15) is 58.4 Å². The van der Waals surface area contributed by atoms with Gasteiger partial charge in [-0.1, -0.05) is 51.1 Å². The van der Waals surface area contributed by atoms with E-state index in [2.05, 4.69) is 56.8 Å². The van der Waals surface area contributed by atoms with Crippen molar-refractivity contribution in [3.63, 3.8) is 0 Å². The van der Waals surface area contributed by atoms with Crippen molar-refractivity contribution < 1.29 is 9.18 Å². The molecule has 2 N–H and O–H groups in total. The first-order chi connectivity index (χ1) is 11.4. The van der Waals surface area contributed by atoms with Crippen LogP contribution in [0.3, 0.4) is 0 Å². The topological polar surface area (TPSA) is 43.1 Å². The van der Waals surface area contributed by atoms with Gasteiger partial charge in [0.05, 0.1) is 6.67 Å². The second-order valence-electron chi connectivity index (χ2n) is 8.61.